The molecule has 2 aliphatic rings. The topological polar surface area (TPSA) is 80.5 Å². The first kappa shape index (κ1) is 19.0. The fourth-order valence-corrected chi connectivity index (χ4v) is 3.70. The molecule has 0 unspecified atom stereocenters. The lowest BCUT2D eigenvalue weighted by Gasteiger charge is -2.38. The van der Waals surface area contributed by atoms with Gasteiger partial charge in [0.05, 0.1) is 23.7 Å². The summed E-state index contributed by atoms with van der Waals surface area (Å²) in [5, 5.41) is 4.07. The van der Waals surface area contributed by atoms with Crippen molar-refractivity contribution in [2.24, 2.45) is 0 Å². The Hall–Kier alpha value is -3.00. The summed E-state index contributed by atoms with van der Waals surface area (Å²) in [5.41, 5.74) is 1.70. The summed E-state index contributed by atoms with van der Waals surface area (Å²) in [6, 6.07) is 6.34. The van der Waals surface area contributed by atoms with Gasteiger partial charge in [0.2, 0.25) is 5.71 Å². The van der Waals surface area contributed by atoms with E-state index < -0.39 is 0 Å². The van der Waals surface area contributed by atoms with Crippen molar-refractivity contribution in [1.82, 2.24) is 14.9 Å². The molecule has 1 saturated heterocycles. The van der Waals surface area contributed by atoms with Crippen molar-refractivity contribution >= 4 is 22.8 Å². The average molecular weight is 410 g/mol. The van der Waals surface area contributed by atoms with Crippen LogP contribution in [-0.4, -0.2) is 45.5 Å². The van der Waals surface area contributed by atoms with E-state index in [0.717, 1.165) is 18.4 Å². The first-order chi connectivity index (χ1) is 14.4. The molecule has 7 nitrogen and oxygen atoms in total. The summed E-state index contributed by atoms with van der Waals surface area (Å²) in [7, 11) is 0. The molecule has 5 rings (SSSR count). The van der Waals surface area contributed by atoms with E-state index in [1.165, 1.54) is 18.5 Å². The molecule has 0 bridgehead atoms. The number of ether oxygens (including phenoxy) is 1. The molecule has 1 aromatic carbocycles. The largest absolute Gasteiger partial charge is 0.442 e. The number of carbonyl (C=O) groups excluding carboxylic acids is 1. The lowest BCUT2D eigenvalue weighted by molar-refractivity contribution is -0.0503. The Balaban J connectivity index is 1.29. The van der Waals surface area contributed by atoms with E-state index in [1.54, 1.807) is 17.9 Å². The minimum absolute atomic E-state index is 0.0133. The Labute approximate surface area is 173 Å². The molecule has 0 radical (unpaired) electrons. The molecular weight excluding hydrogens is 387 g/mol. The Morgan fingerprint density at radius 2 is 2.17 bits per heavy atom. The SMILES string of the molecule is Cc1oc2ncnc(NC3(C)CC3)c2c1C(=O)N1CC(OCc2cccc(F)c2)C1. The summed E-state index contributed by atoms with van der Waals surface area (Å²) in [4.78, 5) is 23.5. The molecule has 156 valence electrons. The molecule has 1 aliphatic carbocycles. The van der Waals surface area contributed by atoms with Crippen LogP contribution in [0.2, 0.25) is 0 Å². The maximum absolute atomic E-state index is 13.3. The Bertz CT molecular complexity index is 1120. The standard InChI is InChI=1S/C22H23FN4O3/c1-13-17(18-19(26-22(2)6-7-22)24-12-25-20(18)30-13)21(28)27-9-16(10-27)29-11-14-4-3-5-15(23)8-14/h3-5,8,12,16H,6-7,9-11H2,1-2H3,(H,24,25,26). The number of furan rings is 1. The van der Waals surface area contributed by atoms with Gasteiger partial charge in [-0.25, -0.2) is 14.4 Å². The first-order valence-electron chi connectivity index (χ1n) is 10.1. The smallest absolute Gasteiger partial charge is 0.258 e. The van der Waals surface area contributed by atoms with Crippen LogP contribution in [0, 0.1) is 12.7 Å². The number of amides is 1. The molecular formula is C22H23FN4O3. The van der Waals surface area contributed by atoms with Gasteiger partial charge in [0.25, 0.3) is 5.91 Å². The number of carbonyl (C=O) groups is 1. The number of benzene rings is 1. The number of anilines is 1. The van der Waals surface area contributed by atoms with E-state index in [2.05, 4.69) is 22.2 Å². The van der Waals surface area contributed by atoms with Crippen LogP contribution in [0.5, 0.6) is 0 Å². The highest BCUT2D eigenvalue weighted by atomic mass is 19.1. The number of likely N-dealkylation sites (tertiary alicyclic amines) is 1. The summed E-state index contributed by atoms with van der Waals surface area (Å²) in [6.45, 7) is 5.18. The van der Waals surface area contributed by atoms with Crippen molar-refractivity contribution in [2.45, 2.75) is 44.9 Å². The number of fused-ring (bicyclic) bond motifs is 1. The van der Waals surface area contributed by atoms with Crippen LogP contribution in [0.25, 0.3) is 11.1 Å². The third-order valence-electron chi connectivity index (χ3n) is 5.81. The highest BCUT2D eigenvalue weighted by Crippen LogP contribution is 2.40. The average Bonchev–Trinajstić information content (AvgIpc) is 3.28. The Kier molecular flexibility index (Phi) is 4.47. The number of halogens is 1. The van der Waals surface area contributed by atoms with Gasteiger partial charge in [0.1, 0.15) is 23.7 Å². The van der Waals surface area contributed by atoms with Crippen molar-refractivity contribution in [3.05, 3.63) is 53.3 Å². The van der Waals surface area contributed by atoms with Crippen LogP contribution in [0.1, 0.15) is 41.4 Å². The Morgan fingerprint density at radius 1 is 1.37 bits per heavy atom. The van der Waals surface area contributed by atoms with Crippen LogP contribution >= 0.6 is 0 Å². The number of nitrogens with zero attached hydrogens (tertiary/aromatic N) is 3. The predicted molar refractivity (Wildman–Crippen MR) is 109 cm³/mol. The fourth-order valence-electron chi connectivity index (χ4n) is 3.70. The highest BCUT2D eigenvalue weighted by molar-refractivity contribution is 6.10. The number of hydrogen-bond acceptors (Lipinski definition) is 6. The minimum atomic E-state index is -0.282. The summed E-state index contributed by atoms with van der Waals surface area (Å²) in [6.07, 6.45) is 3.51. The second-order valence-corrected chi connectivity index (χ2v) is 8.39. The molecule has 30 heavy (non-hydrogen) atoms. The predicted octanol–water partition coefficient (Wildman–Crippen LogP) is 3.68. The van der Waals surface area contributed by atoms with Crippen molar-refractivity contribution in [1.29, 1.82) is 0 Å². The second kappa shape index (κ2) is 7.05. The van der Waals surface area contributed by atoms with E-state index in [1.807, 2.05) is 6.07 Å². The zero-order chi connectivity index (χ0) is 20.9. The summed E-state index contributed by atoms with van der Waals surface area (Å²) < 4.78 is 24.8. The molecule has 3 aromatic rings. The minimum Gasteiger partial charge on any atom is -0.442 e. The van der Waals surface area contributed by atoms with Crippen LogP contribution in [0.15, 0.2) is 35.0 Å². The molecule has 0 spiro atoms. The molecule has 1 amide bonds. The van der Waals surface area contributed by atoms with Crippen molar-refractivity contribution in [2.75, 3.05) is 18.4 Å². The van der Waals surface area contributed by atoms with Gasteiger partial charge in [-0.2, -0.15) is 0 Å². The first-order valence-corrected chi connectivity index (χ1v) is 10.1. The summed E-state index contributed by atoms with van der Waals surface area (Å²) >= 11 is 0. The van der Waals surface area contributed by atoms with Gasteiger partial charge >= 0.3 is 0 Å². The lowest BCUT2D eigenvalue weighted by Crippen LogP contribution is -2.54. The number of aromatic nitrogens is 2. The second-order valence-electron chi connectivity index (χ2n) is 8.39. The highest BCUT2D eigenvalue weighted by Gasteiger charge is 2.39. The third kappa shape index (κ3) is 3.52. The number of nitrogens with one attached hydrogen (secondary N) is 1. The van der Waals surface area contributed by atoms with Crippen molar-refractivity contribution in [3.63, 3.8) is 0 Å². The monoisotopic (exact) mass is 410 g/mol. The molecule has 1 N–H and O–H groups in total. The lowest BCUT2D eigenvalue weighted by atomic mass is 10.1. The molecule has 2 aromatic heterocycles. The van der Waals surface area contributed by atoms with E-state index in [0.29, 0.717) is 47.9 Å². The van der Waals surface area contributed by atoms with Gasteiger partial charge in [0, 0.05) is 18.6 Å². The van der Waals surface area contributed by atoms with Gasteiger partial charge in [-0.3, -0.25) is 4.79 Å². The molecule has 3 heterocycles. The van der Waals surface area contributed by atoms with Gasteiger partial charge in [-0.1, -0.05) is 12.1 Å². The molecule has 0 atom stereocenters. The van der Waals surface area contributed by atoms with E-state index in [-0.39, 0.29) is 23.4 Å². The van der Waals surface area contributed by atoms with Gasteiger partial charge in [0.15, 0.2) is 0 Å². The van der Waals surface area contributed by atoms with E-state index in [9.17, 15) is 9.18 Å². The third-order valence-corrected chi connectivity index (χ3v) is 5.81. The van der Waals surface area contributed by atoms with Crippen molar-refractivity contribution < 1.29 is 18.3 Å². The van der Waals surface area contributed by atoms with Gasteiger partial charge in [-0.05, 0) is 44.4 Å². The number of aryl methyl sites for hydroxylation is 1. The van der Waals surface area contributed by atoms with Gasteiger partial charge < -0.3 is 19.4 Å². The number of rotatable bonds is 6. The maximum Gasteiger partial charge on any atom is 0.258 e. The number of hydrogen-bond donors (Lipinski definition) is 1. The molecule has 1 saturated carbocycles. The molecule has 8 heteroatoms. The normalized spacial score (nSPS) is 17.8. The van der Waals surface area contributed by atoms with E-state index in [4.69, 9.17) is 9.15 Å². The van der Waals surface area contributed by atoms with Crippen LogP contribution < -0.4 is 5.32 Å². The fraction of sp³-hybridized carbons (Fsp3) is 0.409. The zero-order valence-electron chi connectivity index (χ0n) is 16.9. The van der Waals surface area contributed by atoms with Crippen LogP contribution in [-0.2, 0) is 11.3 Å². The quantitative estimate of drug-likeness (QED) is 0.668. The van der Waals surface area contributed by atoms with E-state index >= 15 is 0 Å². The molecule has 2 fully saturated rings. The maximum atomic E-state index is 13.3. The summed E-state index contributed by atoms with van der Waals surface area (Å²) in [5.74, 6) is 0.773. The van der Waals surface area contributed by atoms with Gasteiger partial charge in [-0.15, -0.1) is 0 Å². The van der Waals surface area contributed by atoms with Crippen LogP contribution in [0.3, 0.4) is 0 Å². The van der Waals surface area contributed by atoms with Crippen molar-refractivity contribution in [3.8, 4) is 0 Å². The zero-order valence-corrected chi connectivity index (χ0v) is 16.9. The molecule has 1 aliphatic heterocycles. The van der Waals surface area contributed by atoms with Crippen LogP contribution in [0.4, 0.5) is 10.2 Å². The Morgan fingerprint density at radius 3 is 2.90 bits per heavy atom.